The molecule has 0 saturated carbocycles. The summed E-state index contributed by atoms with van der Waals surface area (Å²) >= 11 is 0. The van der Waals surface area contributed by atoms with Gasteiger partial charge in [0, 0.05) is 6.42 Å². The SMILES string of the molecule is CCCCCCCCCCCCCCCCCCCCCC(=O)OC(CCCCCCCCCCCCCCCCCCCCC)CC(=O)O. The van der Waals surface area contributed by atoms with E-state index in [-0.39, 0.29) is 12.4 Å². The second-order valence-electron chi connectivity index (χ2n) is 16.0. The summed E-state index contributed by atoms with van der Waals surface area (Å²) in [5.74, 6) is -1.08. The van der Waals surface area contributed by atoms with Crippen LogP contribution in [0.5, 0.6) is 0 Å². The quantitative estimate of drug-likeness (QED) is 0.0506. The Kier molecular flexibility index (Phi) is 41.5. The number of esters is 1. The second-order valence-corrected chi connectivity index (χ2v) is 16.0. The highest BCUT2D eigenvalue weighted by Crippen LogP contribution is 2.18. The van der Waals surface area contributed by atoms with Gasteiger partial charge in [-0.05, 0) is 19.3 Å². The Hall–Kier alpha value is -1.06. The molecular weight excluding hydrogens is 617 g/mol. The van der Waals surface area contributed by atoms with Crippen molar-refractivity contribution in [1.82, 2.24) is 0 Å². The monoisotopic (exact) mass is 707 g/mol. The Labute approximate surface area is 313 Å². The normalized spacial score (nSPS) is 12.0. The molecule has 0 aliphatic carbocycles. The van der Waals surface area contributed by atoms with Gasteiger partial charge in [0.1, 0.15) is 6.10 Å². The number of aliphatic carboxylic acids is 1. The fourth-order valence-electron chi connectivity index (χ4n) is 7.44. The molecule has 0 radical (unpaired) electrons. The van der Waals surface area contributed by atoms with E-state index < -0.39 is 12.1 Å². The lowest BCUT2D eigenvalue weighted by Gasteiger charge is -2.16. The van der Waals surface area contributed by atoms with Crippen LogP contribution in [0.3, 0.4) is 0 Å². The number of rotatable bonds is 43. The molecule has 0 amide bonds. The number of carbonyl (C=O) groups excluding carboxylic acids is 1. The smallest absolute Gasteiger partial charge is 0.307 e. The van der Waals surface area contributed by atoms with Crippen LogP contribution in [0.15, 0.2) is 0 Å². The molecular formula is C46H90O4. The molecule has 50 heavy (non-hydrogen) atoms. The van der Waals surface area contributed by atoms with Crippen LogP contribution in [0.25, 0.3) is 0 Å². The molecule has 0 aromatic rings. The topological polar surface area (TPSA) is 63.6 Å². The Balaban J connectivity index is 3.54. The van der Waals surface area contributed by atoms with Crippen molar-refractivity contribution >= 4 is 11.9 Å². The first-order valence-electron chi connectivity index (χ1n) is 23.0. The molecule has 0 aromatic carbocycles. The Bertz CT molecular complexity index is 677. The molecule has 4 nitrogen and oxygen atoms in total. The number of hydrogen-bond donors (Lipinski definition) is 1. The summed E-state index contributed by atoms with van der Waals surface area (Å²) in [7, 11) is 0. The van der Waals surface area contributed by atoms with E-state index >= 15 is 0 Å². The molecule has 0 fully saturated rings. The minimum absolute atomic E-state index is 0.0655. The van der Waals surface area contributed by atoms with Gasteiger partial charge in [0.15, 0.2) is 0 Å². The number of ether oxygens (including phenoxy) is 1. The first-order valence-corrected chi connectivity index (χ1v) is 23.0. The molecule has 0 rings (SSSR count). The number of carboxylic acids is 1. The lowest BCUT2D eigenvalue weighted by atomic mass is 10.0. The van der Waals surface area contributed by atoms with E-state index in [2.05, 4.69) is 13.8 Å². The fraction of sp³-hybridized carbons (Fsp3) is 0.957. The van der Waals surface area contributed by atoms with Gasteiger partial charge >= 0.3 is 11.9 Å². The van der Waals surface area contributed by atoms with Gasteiger partial charge in [-0.15, -0.1) is 0 Å². The van der Waals surface area contributed by atoms with Crippen molar-refractivity contribution in [2.45, 2.75) is 283 Å². The van der Waals surface area contributed by atoms with Crippen molar-refractivity contribution in [2.75, 3.05) is 0 Å². The predicted molar refractivity (Wildman–Crippen MR) is 218 cm³/mol. The lowest BCUT2D eigenvalue weighted by Crippen LogP contribution is -2.21. The highest BCUT2D eigenvalue weighted by Gasteiger charge is 2.17. The zero-order valence-electron chi connectivity index (χ0n) is 34.2. The molecule has 1 N–H and O–H groups in total. The van der Waals surface area contributed by atoms with E-state index in [4.69, 9.17) is 4.74 Å². The molecule has 1 unspecified atom stereocenters. The van der Waals surface area contributed by atoms with Crippen LogP contribution in [0, 0.1) is 0 Å². The maximum atomic E-state index is 12.4. The van der Waals surface area contributed by atoms with Crippen molar-refractivity contribution < 1.29 is 19.4 Å². The summed E-state index contributed by atoms with van der Waals surface area (Å²) < 4.78 is 5.62. The minimum Gasteiger partial charge on any atom is -0.481 e. The summed E-state index contributed by atoms with van der Waals surface area (Å²) in [4.78, 5) is 23.7. The minimum atomic E-state index is -0.871. The van der Waals surface area contributed by atoms with E-state index in [1.807, 2.05) is 0 Å². The maximum Gasteiger partial charge on any atom is 0.307 e. The maximum absolute atomic E-state index is 12.4. The molecule has 0 bridgehead atoms. The number of hydrogen-bond acceptors (Lipinski definition) is 3. The average molecular weight is 707 g/mol. The van der Waals surface area contributed by atoms with Crippen LogP contribution in [-0.2, 0) is 14.3 Å². The first kappa shape index (κ1) is 48.9. The van der Waals surface area contributed by atoms with E-state index in [0.29, 0.717) is 12.8 Å². The molecule has 0 saturated heterocycles. The van der Waals surface area contributed by atoms with Crippen molar-refractivity contribution in [3.8, 4) is 0 Å². The van der Waals surface area contributed by atoms with Crippen molar-refractivity contribution in [3.05, 3.63) is 0 Å². The molecule has 0 aliphatic heterocycles. The molecule has 4 heteroatoms. The summed E-state index contributed by atoms with van der Waals surface area (Å²) in [5, 5.41) is 9.31. The molecule has 1 atom stereocenters. The fourth-order valence-corrected chi connectivity index (χ4v) is 7.44. The van der Waals surface area contributed by atoms with Crippen LogP contribution in [0.2, 0.25) is 0 Å². The van der Waals surface area contributed by atoms with E-state index in [9.17, 15) is 14.7 Å². The van der Waals surface area contributed by atoms with Gasteiger partial charge in [0.25, 0.3) is 0 Å². The number of unbranched alkanes of at least 4 members (excludes halogenated alkanes) is 36. The van der Waals surface area contributed by atoms with E-state index in [1.165, 1.54) is 218 Å². The number of carbonyl (C=O) groups is 2. The molecule has 0 spiro atoms. The zero-order valence-corrected chi connectivity index (χ0v) is 34.2. The van der Waals surface area contributed by atoms with Crippen LogP contribution in [0.4, 0.5) is 0 Å². The molecule has 0 heterocycles. The largest absolute Gasteiger partial charge is 0.481 e. The third-order valence-electron chi connectivity index (χ3n) is 10.8. The average Bonchev–Trinajstić information content (AvgIpc) is 3.10. The van der Waals surface area contributed by atoms with Gasteiger partial charge in [-0.1, -0.05) is 245 Å². The summed E-state index contributed by atoms with van der Waals surface area (Å²) in [5.41, 5.74) is 0. The molecule has 0 aromatic heterocycles. The van der Waals surface area contributed by atoms with Crippen LogP contribution in [0.1, 0.15) is 277 Å². The molecule has 0 aliphatic rings. The van der Waals surface area contributed by atoms with Gasteiger partial charge in [0.2, 0.25) is 0 Å². The highest BCUT2D eigenvalue weighted by atomic mass is 16.5. The zero-order chi connectivity index (χ0) is 36.4. The van der Waals surface area contributed by atoms with Gasteiger partial charge in [0.05, 0.1) is 6.42 Å². The van der Waals surface area contributed by atoms with E-state index in [1.54, 1.807) is 0 Å². The third kappa shape index (κ3) is 41.4. The predicted octanol–water partition coefficient (Wildman–Crippen LogP) is 16.0. The second kappa shape index (κ2) is 42.4. The first-order chi connectivity index (χ1) is 24.6. The Morgan fingerprint density at radius 2 is 0.620 bits per heavy atom. The van der Waals surface area contributed by atoms with Crippen molar-refractivity contribution in [2.24, 2.45) is 0 Å². The van der Waals surface area contributed by atoms with Crippen molar-refractivity contribution in [1.29, 1.82) is 0 Å². The number of carboxylic acid groups (broad SMARTS) is 1. The van der Waals surface area contributed by atoms with Crippen LogP contribution in [-0.4, -0.2) is 23.1 Å². The van der Waals surface area contributed by atoms with Gasteiger partial charge in [-0.3, -0.25) is 9.59 Å². The van der Waals surface area contributed by atoms with Crippen molar-refractivity contribution in [3.63, 3.8) is 0 Å². The third-order valence-corrected chi connectivity index (χ3v) is 10.8. The summed E-state index contributed by atoms with van der Waals surface area (Å²) in [6.45, 7) is 4.57. The van der Waals surface area contributed by atoms with Crippen LogP contribution >= 0.6 is 0 Å². The summed E-state index contributed by atoms with van der Waals surface area (Å²) in [6.07, 6.45) is 51.5. The lowest BCUT2D eigenvalue weighted by molar-refractivity contribution is -0.153. The molecule has 298 valence electrons. The summed E-state index contributed by atoms with van der Waals surface area (Å²) in [6, 6.07) is 0. The Morgan fingerprint density at radius 3 is 0.880 bits per heavy atom. The van der Waals surface area contributed by atoms with Gasteiger partial charge in [-0.25, -0.2) is 0 Å². The Morgan fingerprint density at radius 1 is 0.380 bits per heavy atom. The van der Waals surface area contributed by atoms with Gasteiger partial charge in [-0.2, -0.15) is 0 Å². The standard InChI is InChI=1S/C46H90O4/c1-3-5-7-9-11-13-15-17-19-21-23-25-27-29-31-33-35-37-39-41-44(43-45(47)48)50-46(49)42-40-38-36-34-32-30-28-26-24-22-20-18-16-14-12-10-8-6-4-2/h44H,3-43H2,1-2H3,(H,47,48). The van der Waals surface area contributed by atoms with Gasteiger partial charge < -0.3 is 9.84 Å². The van der Waals surface area contributed by atoms with E-state index in [0.717, 1.165) is 25.7 Å². The van der Waals surface area contributed by atoms with Crippen LogP contribution < -0.4 is 0 Å². The highest BCUT2D eigenvalue weighted by molar-refractivity contribution is 5.71.